The number of aromatic nitrogens is 4. The summed E-state index contributed by atoms with van der Waals surface area (Å²) in [5.41, 5.74) is 2.20. The van der Waals surface area contributed by atoms with Crippen LogP contribution in [0, 0.1) is 0 Å². The van der Waals surface area contributed by atoms with Gasteiger partial charge in [0, 0.05) is 11.0 Å². The lowest BCUT2D eigenvalue weighted by molar-refractivity contribution is -0.144. The summed E-state index contributed by atoms with van der Waals surface area (Å²) in [5, 5.41) is 12.3. The van der Waals surface area contributed by atoms with Crippen LogP contribution >= 0.6 is 11.6 Å². The second kappa shape index (κ2) is 18.6. The number of carbonyl (C=O) groups is 2. The number of anilines is 1. The maximum absolute atomic E-state index is 12.6. The summed E-state index contributed by atoms with van der Waals surface area (Å²) in [7, 11) is 0. The molecule has 3 aromatic rings. The number of halogens is 1. The third-order valence-electron chi connectivity index (χ3n) is 7.54. The Balaban J connectivity index is 1.38. The number of fused-ring (bicyclic) bond motifs is 1. The Labute approximate surface area is 272 Å². The van der Waals surface area contributed by atoms with Gasteiger partial charge in [-0.25, -0.2) is 4.79 Å². The number of hydrogen-bond donors (Lipinski definition) is 2. The summed E-state index contributed by atoms with van der Waals surface area (Å²) in [4.78, 5) is 27.9. The van der Waals surface area contributed by atoms with Crippen molar-refractivity contribution in [3.63, 3.8) is 0 Å². The van der Waals surface area contributed by atoms with Gasteiger partial charge in [-0.3, -0.25) is 10.1 Å². The van der Waals surface area contributed by atoms with Gasteiger partial charge in [0.1, 0.15) is 17.4 Å². The van der Waals surface area contributed by atoms with Crippen LogP contribution in [0.2, 0.25) is 5.02 Å². The average molecular weight is 646 g/mol. The number of hydrogen-bond acceptors (Lipinski definition) is 7. The predicted octanol–water partition coefficient (Wildman–Crippen LogP) is 9.26. The van der Waals surface area contributed by atoms with Crippen LogP contribution in [0.25, 0.3) is 17.0 Å². The molecule has 0 aliphatic rings. The Morgan fingerprint density at radius 1 is 0.889 bits per heavy atom. The molecule has 0 atom stereocenters. The van der Waals surface area contributed by atoms with Crippen LogP contribution in [0.3, 0.4) is 0 Å². The molecule has 2 heterocycles. The molecule has 1 amide bonds. The highest BCUT2D eigenvalue weighted by molar-refractivity contribution is 6.34. The fourth-order valence-corrected chi connectivity index (χ4v) is 5.48. The van der Waals surface area contributed by atoms with Crippen molar-refractivity contribution < 1.29 is 23.8 Å². The lowest BCUT2D eigenvalue weighted by atomic mass is 9.92. The first-order chi connectivity index (χ1) is 21.6. The van der Waals surface area contributed by atoms with Crippen molar-refractivity contribution >= 4 is 35.0 Å². The van der Waals surface area contributed by atoms with Gasteiger partial charge in [0.15, 0.2) is 11.5 Å². The predicted molar refractivity (Wildman–Crippen MR) is 179 cm³/mol. The molecule has 0 bridgehead atoms. The molecule has 3 rings (SSSR count). The van der Waals surface area contributed by atoms with E-state index in [4.69, 9.17) is 25.8 Å². The number of aromatic amines is 1. The summed E-state index contributed by atoms with van der Waals surface area (Å²) in [6, 6.07) is 5.30. The van der Waals surface area contributed by atoms with Gasteiger partial charge in [-0.2, -0.15) is 5.10 Å². The number of nitrogens with one attached hydrogen (secondary N) is 2. The summed E-state index contributed by atoms with van der Waals surface area (Å²) in [6.45, 7) is 10.9. The molecule has 0 radical (unpaired) electrons. The summed E-state index contributed by atoms with van der Waals surface area (Å²) in [5.74, 6) is 0.624. The second-order valence-electron chi connectivity index (χ2n) is 12.5. The van der Waals surface area contributed by atoms with Gasteiger partial charge < -0.3 is 19.2 Å². The SMILES string of the molecule is CCCCCCCCCCCCCCOC(=O)CCOC(=O)Nc1cc(-c2nn3nc(C(C)(C)C)c(Cl)c3[nH]2)ccc1OCC. The largest absolute Gasteiger partial charge is 0.492 e. The number of nitrogens with zero attached hydrogens (tertiary/aromatic N) is 3. The number of rotatable bonds is 20. The zero-order chi connectivity index (χ0) is 32.7. The Morgan fingerprint density at radius 2 is 1.53 bits per heavy atom. The highest BCUT2D eigenvalue weighted by Crippen LogP contribution is 2.34. The lowest BCUT2D eigenvalue weighted by Crippen LogP contribution is -2.17. The molecule has 2 N–H and O–H groups in total. The smallest absolute Gasteiger partial charge is 0.411 e. The van der Waals surface area contributed by atoms with E-state index in [0.29, 0.717) is 46.7 Å². The van der Waals surface area contributed by atoms with E-state index in [1.807, 2.05) is 33.8 Å². The van der Waals surface area contributed by atoms with Crippen LogP contribution < -0.4 is 10.1 Å². The van der Waals surface area contributed by atoms with Gasteiger partial charge in [-0.1, -0.05) is 110 Å². The fraction of sp³-hybridized carbons (Fsp3) is 0.647. The number of esters is 1. The van der Waals surface area contributed by atoms with E-state index in [9.17, 15) is 9.59 Å². The van der Waals surface area contributed by atoms with Crippen LogP contribution in [-0.2, 0) is 19.7 Å². The Hall–Kier alpha value is -3.27. The van der Waals surface area contributed by atoms with Gasteiger partial charge in [-0.15, -0.1) is 9.73 Å². The highest BCUT2D eigenvalue weighted by atomic mass is 35.5. The molecule has 0 unspecified atom stereocenters. The van der Waals surface area contributed by atoms with Crippen molar-refractivity contribution in [3.8, 4) is 17.1 Å². The van der Waals surface area contributed by atoms with Crippen LogP contribution in [0.5, 0.6) is 5.75 Å². The number of carbonyl (C=O) groups excluding carboxylic acids is 2. The molecular weight excluding hydrogens is 594 g/mol. The third kappa shape index (κ3) is 11.9. The second-order valence-corrected chi connectivity index (χ2v) is 12.9. The van der Waals surface area contributed by atoms with E-state index < -0.39 is 6.09 Å². The Kier molecular flexibility index (Phi) is 15.0. The van der Waals surface area contributed by atoms with Crippen LogP contribution in [-0.4, -0.2) is 51.7 Å². The van der Waals surface area contributed by atoms with E-state index >= 15 is 0 Å². The van der Waals surface area contributed by atoms with Crippen molar-refractivity contribution in [1.29, 1.82) is 0 Å². The maximum Gasteiger partial charge on any atom is 0.411 e. The zero-order valence-electron chi connectivity index (χ0n) is 27.8. The minimum atomic E-state index is -0.700. The fourth-order valence-electron chi connectivity index (χ4n) is 5.04. The maximum atomic E-state index is 12.6. The lowest BCUT2D eigenvalue weighted by Gasteiger charge is -2.14. The molecule has 0 spiro atoms. The van der Waals surface area contributed by atoms with E-state index in [0.717, 1.165) is 18.5 Å². The van der Waals surface area contributed by atoms with Crippen molar-refractivity contribution in [2.24, 2.45) is 0 Å². The molecule has 0 saturated heterocycles. The van der Waals surface area contributed by atoms with Crippen LogP contribution in [0.15, 0.2) is 18.2 Å². The standard InChI is InChI=1S/C34H52ClN5O5/c1-6-8-9-10-11-12-13-14-15-16-17-18-22-44-28(41)21-23-45-33(42)36-26-24-25(19-20-27(26)43-7-2)31-37-32-29(35)30(34(3,4)5)38-40(32)39-31/h19-20,24H,6-18,21-23H2,1-5H3,(H,36,42)(H,37,39). The van der Waals surface area contributed by atoms with Crippen molar-refractivity contribution in [1.82, 2.24) is 19.8 Å². The third-order valence-corrected chi connectivity index (χ3v) is 7.90. The first-order valence-corrected chi connectivity index (χ1v) is 17.0. The quantitative estimate of drug-likeness (QED) is 0.0928. The van der Waals surface area contributed by atoms with Crippen molar-refractivity contribution in [3.05, 3.63) is 28.9 Å². The molecule has 10 nitrogen and oxygen atoms in total. The minimum Gasteiger partial charge on any atom is -0.492 e. The Morgan fingerprint density at radius 3 is 2.13 bits per heavy atom. The topological polar surface area (TPSA) is 120 Å². The minimum absolute atomic E-state index is 0.00641. The highest BCUT2D eigenvalue weighted by Gasteiger charge is 2.25. The molecule has 0 aliphatic heterocycles. The molecule has 0 fully saturated rings. The zero-order valence-corrected chi connectivity index (χ0v) is 28.6. The van der Waals surface area contributed by atoms with Crippen molar-refractivity contribution in [2.75, 3.05) is 25.1 Å². The number of benzene rings is 1. The van der Waals surface area contributed by atoms with Gasteiger partial charge in [0.2, 0.25) is 0 Å². The van der Waals surface area contributed by atoms with E-state index in [2.05, 4.69) is 27.4 Å². The van der Waals surface area contributed by atoms with E-state index in [1.54, 1.807) is 12.1 Å². The Bertz CT molecular complexity index is 1350. The molecule has 1 aromatic carbocycles. The first-order valence-electron chi connectivity index (χ1n) is 16.7. The molecule has 250 valence electrons. The van der Waals surface area contributed by atoms with Crippen LogP contribution in [0.4, 0.5) is 10.5 Å². The van der Waals surface area contributed by atoms with Gasteiger partial charge in [0.25, 0.3) is 0 Å². The first kappa shape index (κ1) is 36.2. The van der Waals surface area contributed by atoms with E-state index in [-0.39, 0.29) is 24.4 Å². The van der Waals surface area contributed by atoms with E-state index in [1.165, 1.54) is 68.8 Å². The van der Waals surface area contributed by atoms with Gasteiger partial charge in [-0.05, 0) is 31.5 Å². The summed E-state index contributed by atoms with van der Waals surface area (Å²) < 4.78 is 17.7. The number of amides is 1. The normalized spacial score (nSPS) is 11.6. The number of unbranched alkanes of at least 4 members (excludes halogenated alkanes) is 11. The summed E-state index contributed by atoms with van der Waals surface area (Å²) >= 11 is 6.58. The van der Waals surface area contributed by atoms with Gasteiger partial charge >= 0.3 is 12.1 Å². The monoisotopic (exact) mass is 645 g/mol. The molecule has 2 aromatic heterocycles. The summed E-state index contributed by atoms with van der Waals surface area (Å²) in [6.07, 6.45) is 14.3. The average Bonchev–Trinajstić information content (AvgIpc) is 3.56. The number of ether oxygens (including phenoxy) is 3. The molecule has 45 heavy (non-hydrogen) atoms. The molecule has 0 saturated carbocycles. The van der Waals surface area contributed by atoms with Gasteiger partial charge in [0.05, 0.1) is 31.0 Å². The molecular formula is C34H52ClN5O5. The number of H-pyrrole nitrogens is 1. The molecule has 0 aliphatic carbocycles. The van der Waals surface area contributed by atoms with Crippen LogP contribution in [0.1, 0.15) is 124 Å². The van der Waals surface area contributed by atoms with Crippen molar-refractivity contribution in [2.45, 2.75) is 124 Å². The molecule has 11 heteroatoms.